The van der Waals surface area contributed by atoms with Crippen LogP contribution in [-0.2, 0) is 9.53 Å². The van der Waals surface area contributed by atoms with Crippen LogP contribution in [0.5, 0.6) is 11.5 Å². The molecule has 41 heavy (non-hydrogen) atoms. The molecule has 0 atom stereocenters. The highest BCUT2D eigenvalue weighted by molar-refractivity contribution is 7.21. The average Bonchev–Trinajstić information content (AvgIpc) is 3.66. The molecule has 3 aromatic carbocycles. The quantitative estimate of drug-likeness (QED) is 0.208. The summed E-state index contributed by atoms with van der Waals surface area (Å²) in [6.45, 7) is 1.48. The lowest BCUT2D eigenvalue weighted by atomic mass is 10.1. The summed E-state index contributed by atoms with van der Waals surface area (Å²) in [6, 6.07) is 19.2. The summed E-state index contributed by atoms with van der Waals surface area (Å²) in [6.07, 6.45) is 1.35. The fourth-order valence-electron chi connectivity index (χ4n) is 4.00. The molecule has 2 N–H and O–H groups in total. The zero-order chi connectivity index (χ0) is 28.9. The van der Waals surface area contributed by atoms with Crippen molar-refractivity contribution >= 4 is 50.7 Å². The molecule has 208 valence electrons. The smallest absolute Gasteiger partial charge is 0.340 e. The van der Waals surface area contributed by atoms with E-state index in [9.17, 15) is 14.4 Å². The number of nitrogens with one attached hydrogen (secondary N) is 2. The van der Waals surface area contributed by atoms with E-state index in [-0.39, 0.29) is 28.5 Å². The lowest BCUT2D eigenvalue weighted by Crippen LogP contribution is -2.22. The number of thiazole rings is 1. The standard InChI is InChI=1S/C30H25N3O7S/c1-17-6-11-21-26(13-17)41-29(33-21)18-7-9-19(10-8-18)31-27(34)16-40-30(36)20-14-24(37-2)25(38-3)15-22(20)32-28(35)23-5-4-12-39-23/h4-15H,16H2,1-3H3,(H,31,34)(H,32,35). The van der Waals surface area contributed by atoms with Gasteiger partial charge in [0, 0.05) is 23.4 Å². The van der Waals surface area contributed by atoms with Gasteiger partial charge in [-0.3, -0.25) is 9.59 Å². The van der Waals surface area contributed by atoms with Crippen LogP contribution >= 0.6 is 11.3 Å². The fourth-order valence-corrected chi connectivity index (χ4v) is 5.07. The van der Waals surface area contributed by atoms with Crippen molar-refractivity contribution in [2.75, 3.05) is 31.5 Å². The Morgan fingerprint density at radius 1 is 0.927 bits per heavy atom. The molecule has 2 aromatic heterocycles. The molecule has 0 saturated carbocycles. The van der Waals surface area contributed by atoms with Crippen molar-refractivity contribution < 1.29 is 33.0 Å². The number of furan rings is 1. The number of aromatic nitrogens is 1. The van der Waals surface area contributed by atoms with Crippen molar-refractivity contribution in [2.24, 2.45) is 0 Å². The monoisotopic (exact) mass is 571 g/mol. The van der Waals surface area contributed by atoms with Gasteiger partial charge in [-0.2, -0.15) is 0 Å². The van der Waals surface area contributed by atoms with E-state index in [4.69, 9.17) is 18.6 Å². The van der Waals surface area contributed by atoms with Gasteiger partial charge in [0.1, 0.15) is 5.01 Å². The van der Waals surface area contributed by atoms with Gasteiger partial charge in [0.15, 0.2) is 23.9 Å². The Morgan fingerprint density at radius 2 is 1.68 bits per heavy atom. The zero-order valence-corrected chi connectivity index (χ0v) is 23.2. The second-order valence-electron chi connectivity index (χ2n) is 8.88. The van der Waals surface area contributed by atoms with Gasteiger partial charge in [-0.05, 0) is 61.0 Å². The highest BCUT2D eigenvalue weighted by Crippen LogP contribution is 2.34. The molecule has 0 unspecified atom stereocenters. The third-order valence-electron chi connectivity index (χ3n) is 6.03. The molecule has 0 aliphatic carbocycles. The third kappa shape index (κ3) is 6.20. The molecular formula is C30H25N3O7S. The molecule has 2 amide bonds. The number of esters is 1. The van der Waals surface area contributed by atoms with E-state index in [1.807, 2.05) is 31.2 Å². The van der Waals surface area contributed by atoms with Crippen LogP contribution in [0.15, 0.2) is 77.4 Å². The highest BCUT2D eigenvalue weighted by Gasteiger charge is 2.22. The Labute approximate surface area is 238 Å². The number of amides is 2. The van der Waals surface area contributed by atoms with Crippen LogP contribution < -0.4 is 20.1 Å². The first kappa shape index (κ1) is 27.4. The second kappa shape index (κ2) is 11.9. The number of anilines is 2. The van der Waals surface area contributed by atoms with Gasteiger partial charge in [-0.25, -0.2) is 9.78 Å². The number of fused-ring (bicyclic) bond motifs is 1. The lowest BCUT2D eigenvalue weighted by Gasteiger charge is -2.15. The minimum Gasteiger partial charge on any atom is -0.493 e. The number of nitrogens with zero attached hydrogens (tertiary/aromatic N) is 1. The Kier molecular flexibility index (Phi) is 7.97. The van der Waals surface area contributed by atoms with Crippen LogP contribution in [0, 0.1) is 6.92 Å². The average molecular weight is 572 g/mol. The van der Waals surface area contributed by atoms with Crippen LogP contribution in [0.1, 0.15) is 26.5 Å². The lowest BCUT2D eigenvalue weighted by molar-refractivity contribution is -0.119. The molecule has 0 radical (unpaired) electrons. The van der Waals surface area contributed by atoms with Crippen LogP contribution in [0.4, 0.5) is 11.4 Å². The van der Waals surface area contributed by atoms with Crippen LogP contribution in [0.25, 0.3) is 20.8 Å². The molecule has 0 bridgehead atoms. The van der Waals surface area contributed by atoms with E-state index >= 15 is 0 Å². The number of carbonyl (C=O) groups is 3. The molecule has 0 aliphatic heterocycles. The van der Waals surface area contributed by atoms with E-state index in [1.54, 1.807) is 29.5 Å². The number of methoxy groups -OCH3 is 2. The van der Waals surface area contributed by atoms with Crippen molar-refractivity contribution in [3.63, 3.8) is 0 Å². The molecule has 5 aromatic rings. The number of ether oxygens (including phenoxy) is 3. The molecule has 10 nitrogen and oxygen atoms in total. The molecule has 0 spiro atoms. The Balaban J connectivity index is 1.24. The van der Waals surface area contributed by atoms with E-state index in [0.29, 0.717) is 5.69 Å². The van der Waals surface area contributed by atoms with Crippen LogP contribution in [0.2, 0.25) is 0 Å². The van der Waals surface area contributed by atoms with Crippen molar-refractivity contribution in [2.45, 2.75) is 6.92 Å². The van der Waals surface area contributed by atoms with E-state index in [1.165, 1.54) is 44.2 Å². The summed E-state index contributed by atoms with van der Waals surface area (Å²) in [5.41, 5.74) is 3.62. The van der Waals surface area contributed by atoms with Gasteiger partial charge < -0.3 is 29.3 Å². The molecule has 2 heterocycles. The van der Waals surface area contributed by atoms with Crippen LogP contribution in [0.3, 0.4) is 0 Å². The maximum absolute atomic E-state index is 13.0. The number of benzene rings is 3. The molecule has 0 fully saturated rings. The number of aryl methyl sites for hydroxylation is 1. The van der Waals surface area contributed by atoms with E-state index in [2.05, 4.69) is 21.7 Å². The SMILES string of the molecule is COc1cc(NC(=O)c2ccco2)c(C(=O)OCC(=O)Nc2ccc(-c3nc4ccc(C)cc4s3)cc2)cc1OC. The van der Waals surface area contributed by atoms with Crippen molar-refractivity contribution in [1.29, 1.82) is 0 Å². The predicted octanol–water partition coefficient (Wildman–Crippen LogP) is 5.93. The van der Waals surface area contributed by atoms with Crippen molar-refractivity contribution in [3.05, 3.63) is 89.9 Å². The maximum Gasteiger partial charge on any atom is 0.340 e. The van der Waals surface area contributed by atoms with E-state index in [0.717, 1.165) is 20.8 Å². The summed E-state index contributed by atoms with van der Waals surface area (Å²) in [4.78, 5) is 42.8. The van der Waals surface area contributed by atoms with Gasteiger partial charge in [0.25, 0.3) is 11.8 Å². The molecule has 0 aliphatic rings. The maximum atomic E-state index is 13.0. The molecule has 5 rings (SSSR count). The minimum atomic E-state index is -0.850. The molecule has 11 heteroatoms. The molecular weight excluding hydrogens is 546 g/mol. The van der Waals surface area contributed by atoms with Crippen molar-refractivity contribution in [1.82, 2.24) is 4.98 Å². The van der Waals surface area contributed by atoms with Gasteiger partial charge in [0.05, 0.1) is 42.0 Å². The fraction of sp³-hybridized carbons (Fsp3) is 0.133. The summed E-state index contributed by atoms with van der Waals surface area (Å²) in [7, 11) is 2.83. The van der Waals surface area contributed by atoms with Crippen molar-refractivity contribution in [3.8, 4) is 22.1 Å². The second-order valence-corrected chi connectivity index (χ2v) is 9.91. The largest absolute Gasteiger partial charge is 0.493 e. The summed E-state index contributed by atoms with van der Waals surface area (Å²) in [5.74, 6) is -1.41. The van der Waals surface area contributed by atoms with Crippen LogP contribution in [-0.4, -0.2) is 43.6 Å². The Morgan fingerprint density at radius 3 is 2.39 bits per heavy atom. The first-order chi connectivity index (χ1) is 19.8. The first-order valence-electron chi connectivity index (χ1n) is 12.4. The van der Waals surface area contributed by atoms with Gasteiger partial charge in [-0.15, -0.1) is 11.3 Å². The van der Waals surface area contributed by atoms with Gasteiger partial charge in [0.2, 0.25) is 0 Å². The number of hydrogen-bond acceptors (Lipinski definition) is 9. The molecule has 0 saturated heterocycles. The van der Waals surface area contributed by atoms with Gasteiger partial charge >= 0.3 is 5.97 Å². The Bertz CT molecular complexity index is 1730. The number of hydrogen-bond donors (Lipinski definition) is 2. The highest BCUT2D eigenvalue weighted by atomic mass is 32.1. The summed E-state index contributed by atoms with van der Waals surface area (Å²) in [5, 5.41) is 6.19. The zero-order valence-electron chi connectivity index (χ0n) is 22.3. The topological polar surface area (TPSA) is 129 Å². The normalized spacial score (nSPS) is 10.7. The van der Waals surface area contributed by atoms with E-state index < -0.39 is 24.4 Å². The minimum absolute atomic E-state index is 0.0364. The van der Waals surface area contributed by atoms with Gasteiger partial charge in [-0.1, -0.05) is 6.07 Å². The predicted molar refractivity (Wildman–Crippen MR) is 155 cm³/mol. The Hall–Kier alpha value is -5.16. The summed E-state index contributed by atoms with van der Waals surface area (Å²) < 4.78 is 22.0. The number of carbonyl (C=O) groups excluding carboxylic acids is 3. The third-order valence-corrected chi connectivity index (χ3v) is 7.10. The number of rotatable bonds is 9. The first-order valence-corrected chi connectivity index (χ1v) is 13.2. The summed E-state index contributed by atoms with van der Waals surface area (Å²) >= 11 is 1.60.